The molecule has 1 saturated carbocycles. The van der Waals surface area contributed by atoms with Crippen molar-refractivity contribution in [3.05, 3.63) is 35.9 Å². The van der Waals surface area contributed by atoms with E-state index in [0.717, 1.165) is 24.8 Å². The molecule has 2 fully saturated rings. The Bertz CT molecular complexity index is 647. The molecule has 1 heterocycles. The second-order valence-corrected chi connectivity index (χ2v) is 7.81. The average molecular weight is 359 g/mol. The molecular formula is C20H29N3O3. The molecule has 3 unspecified atom stereocenters. The van der Waals surface area contributed by atoms with Crippen LogP contribution in [-0.4, -0.2) is 48.6 Å². The van der Waals surface area contributed by atoms with Gasteiger partial charge in [0.1, 0.15) is 6.04 Å². The lowest BCUT2D eigenvalue weighted by Crippen LogP contribution is -2.64. The number of nitrogens with zero attached hydrogens (tertiary/aromatic N) is 1. The van der Waals surface area contributed by atoms with E-state index >= 15 is 0 Å². The maximum Gasteiger partial charge on any atom is 0.318 e. The number of likely N-dealkylation sites (N-methyl/N-ethyl adjacent to an activating group) is 1. The highest BCUT2D eigenvalue weighted by Gasteiger charge is 2.50. The maximum atomic E-state index is 12.6. The summed E-state index contributed by atoms with van der Waals surface area (Å²) in [5.74, 6) is -0.0883. The van der Waals surface area contributed by atoms with Crippen molar-refractivity contribution in [2.24, 2.45) is 5.41 Å². The number of benzene rings is 1. The third-order valence-electron chi connectivity index (χ3n) is 5.83. The molecule has 1 aromatic carbocycles. The van der Waals surface area contributed by atoms with E-state index in [1.54, 1.807) is 11.9 Å². The van der Waals surface area contributed by atoms with E-state index in [1.807, 2.05) is 18.2 Å². The molecule has 1 saturated heterocycles. The van der Waals surface area contributed by atoms with E-state index in [-0.39, 0.29) is 35.5 Å². The van der Waals surface area contributed by atoms with Crippen molar-refractivity contribution in [2.75, 3.05) is 13.6 Å². The normalized spacial score (nSPS) is 26.9. The molecule has 1 aromatic rings. The molecule has 3 rings (SSSR count). The molecule has 6 heteroatoms. The number of urea groups is 1. The summed E-state index contributed by atoms with van der Waals surface area (Å²) < 4.78 is 6.06. The number of ether oxygens (including phenoxy) is 1. The van der Waals surface area contributed by atoms with Crippen LogP contribution in [0.15, 0.2) is 30.3 Å². The lowest BCUT2D eigenvalue weighted by Gasteiger charge is -2.52. The Morgan fingerprint density at radius 3 is 2.65 bits per heavy atom. The smallest absolute Gasteiger partial charge is 0.318 e. The molecule has 26 heavy (non-hydrogen) atoms. The summed E-state index contributed by atoms with van der Waals surface area (Å²) in [6, 6.07) is 9.67. The summed E-state index contributed by atoms with van der Waals surface area (Å²) in [4.78, 5) is 26.3. The number of carbonyl (C=O) groups is 2. The highest BCUT2D eigenvalue weighted by atomic mass is 16.5. The van der Waals surface area contributed by atoms with Crippen molar-refractivity contribution in [1.29, 1.82) is 0 Å². The number of hydrogen-bond donors (Lipinski definition) is 2. The first kappa shape index (κ1) is 18.7. The van der Waals surface area contributed by atoms with Gasteiger partial charge >= 0.3 is 6.03 Å². The van der Waals surface area contributed by atoms with E-state index < -0.39 is 0 Å². The molecule has 0 spiro atoms. The fourth-order valence-corrected chi connectivity index (χ4v) is 3.87. The molecule has 142 valence electrons. The molecule has 0 radical (unpaired) electrons. The van der Waals surface area contributed by atoms with E-state index in [0.29, 0.717) is 13.2 Å². The van der Waals surface area contributed by atoms with Gasteiger partial charge in [0, 0.05) is 25.0 Å². The van der Waals surface area contributed by atoms with Gasteiger partial charge in [-0.05, 0) is 24.8 Å². The van der Waals surface area contributed by atoms with Gasteiger partial charge in [0.2, 0.25) is 5.91 Å². The minimum atomic E-state index is -0.353. The second-order valence-electron chi connectivity index (χ2n) is 7.81. The lowest BCUT2D eigenvalue weighted by molar-refractivity contribution is -0.125. The van der Waals surface area contributed by atoms with Crippen LogP contribution in [0, 0.1) is 5.41 Å². The van der Waals surface area contributed by atoms with Crippen LogP contribution in [0.2, 0.25) is 0 Å². The number of carbonyl (C=O) groups excluding carboxylic acids is 2. The van der Waals surface area contributed by atoms with Crippen molar-refractivity contribution in [3.63, 3.8) is 0 Å². The number of hydrogen-bond acceptors (Lipinski definition) is 3. The van der Waals surface area contributed by atoms with E-state index in [1.165, 1.54) is 0 Å². The average Bonchev–Trinajstić information content (AvgIpc) is 3.14. The van der Waals surface area contributed by atoms with E-state index in [4.69, 9.17) is 4.74 Å². The maximum absolute atomic E-state index is 12.6. The van der Waals surface area contributed by atoms with Gasteiger partial charge in [-0.25, -0.2) is 4.79 Å². The molecule has 2 aliphatic rings. The Balaban J connectivity index is 1.51. The predicted molar refractivity (Wildman–Crippen MR) is 99.5 cm³/mol. The molecule has 6 nitrogen and oxygen atoms in total. The Hall–Kier alpha value is -2.08. The third kappa shape index (κ3) is 3.70. The van der Waals surface area contributed by atoms with Gasteiger partial charge in [0.25, 0.3) is 0 Å². The van der Waals surface area contributed by atoms with Crippen LogP contribution in [0.25, 0.3) is 0 Å². The van der Waals surface area contributed by atoms with Crippen LogP contribution in [0.4, 0.5) is 4.79 Å². The molecule has 1 aliphatic heterocycles. The van der Waals surface area contributed by atoms with Gasteiger partial charge in [-0.15, -0.1) is 0 Å². The third-order valence-corrected chi connectivity index (χ3v) is 5.83. The summed E-state index contributed by atoms with van der Waals surface area (Å²) >= 11 is 0. The van der Waals surface area contributed by atoms with Gasteiger partial charge in [0.05, 0.1) is 12.7 Å². The number of nitrogens with one attached hydrogen (secondary N) is 2. The molecule has 1 aliphatic carbocycles. The van der Waals surface area contributed by atoms with Crippen molar-refractivity contribution in [3.8, 4) is 0 Å². The quantitative estimate of drug-likeness (QED) is 0.847. The molecular weight excluding hydrogens is 330 g/mol. The highest BCUT2D eigenvalue weighted by molar-refractivity contribution is 5.87. The first-order valence-corrected chi connectivity index (χ1v) is 9.37. The Morgan fingerprint density at radius 1 is 1.27 bits per heavy atom. The van der Waals surface area contributed by atoms with Crippen LogP contribution in [-0.2, 0) is 16.1 Å². The minimum Gasteiger partial charge on any atom is -0.373 e. The summed E-state index contributed by atoms with van der Waals surface area (Å²) in [6.07, 6.45) is 2.50. The van der Waals surface area contributed by atoms with Gasteiger partial charge < -0.3 is 20.3 Å². The first-order valence-electron chi connectivity index (χ1n) is 9.37. The van der Waals surface area contributed by atoms with E-state index in [9.17, 15) is 9.59 Å². The molecule has 0 bridgehead atoms. The minimum absolute atomic E-state index is 0.0571. The fourth-order valence-electron chi connectivity index (χ4n) is 3.87. The monoisotopic (exact) mass is 359 g/mol. The topological polar surface area (TPSA) is 70.7 Å². The molecule has 0 aromatic heterocycles. The second kappa shape index (κ2) is 7.66. The van der Waals surface area contributed by atoms with E-state index in [2.05, 4.69) is 36.6 Å². The predicted octanol–water partition coefficient (Wildman–Crippen LogP) is 2.29. The largest absolute Gasteiger partial charge is 0.373 e. The van der Waals surface area contributed by atoms with Crippen LogP contribution in [0.3, 0.4) is 0 Å². The zero-order valence-corrected chi connectivity index (χ0v) is 15.8. The van der Waals surface area contributed by atoms with Crippen LogP contribution in [0.5, 0.6) is 0 Å². The Kier molecular flexibility index (Phi) is 5.51. The Morgan fingerprint density at radius 2 is 2.00 bits per heavy atom. The summed E-state index contributed by atoms with van der Waals surface area (Å²) in [7, 11) is 1.61. The van der Waals surface area contributed by atoms with Crippen LogP contribution in [0.1, 0.15) is 38.7 Å². The Labute approximate surface area is 155 Å². The summed E-state index contributed by atoms with van der Waals surface area (Å²) in [5, 5.41) is 5.76. The fraction of sp³-hybridized carbons (Fsp3) is 0.600. The van der Waals surface area contributed by atoms with Crippen molar-refractivity contribution in [1.82, 2.24) is 15.5 Å². The van der Waals surface area contributed by atoms with Crippen LogP contribution < -0.4 is 10.6 Å². The number of amides is 3. The molecule has 3 amide bonds. The number of likely N-dealkylation sites (tertiary alicyclic amines) is 1. The summed E-state index contributed by atoms with van der Waals surface area (Å²) in [6.45, 7) is 5.46. The first-order chi connectivity index (χ1) is 12.4. The lowest BCUT2D eigenvalue weighted by atomic mass is 9.64. The SMILES string of the molecule is CNC(=O)C1CCCN1C(=O)NC1CC(OCc2ccccc2)C1(C)C. The van der Waals surface area contributed by atoms with Gasteiger partial charge in [-0.3, -0.25) is 4.79 Å². The van der Waals surface area contributed by atoms with Crippen molar-refractivity contribution < 1.29 is 14.3 Å². The molecule has 2 N–H and O–H groups in total. The van der Waals surface area contributed by atoms with Gasteiger partial charge in [0.15, 0.2) is 0 Å². The summed E-state index contributed by atoms with van der Waals surface area (Å²) in [5.41, 5.74) is 1.02. The van der Waals surface area contributed by atoms with Gasteiger partial charge in [-0.1, -0.05) is 44.2 Å². The van der Waals surface area contributed by atoms with Crippen molar-refractivity contribution in [2.45, 2.75) is 57.9 Å². The molecule has 3 atom stereocenters. The standard InChI is InChI=1S/C20H29N3O3/c1-20(2)16(12-17(20)26-13-14-8-5-4-6-9-14)22-19(25)23-11-7-10-15(23)18(24)21-3/h4-6,8-9,15-17H,7,10-13H2,1-3H3,(H,21,24)(H,22,25). The number of rotatable bonds is 5. The zero-order valence-electron chi connectivity index (χ0n) is 15.8. The zero-order chi connectivity index (χ0) is 18.7. The van der Waals surface area contributed by atoms with Gasteiger partial charge in [-0.2, -0.15) is 0 Å². The highest BCUT2D eigenvalue weighted by Crippen LogP contribution is 2.43. The van der Waals surface area contributed by atoms with Crippen molar-refractivity contribution >= 4 is 11.9 Å². The van der Waals surface area contributed by atoms with Crippen LogP contribution >= 0.6 is 0 Å².